The Hall–Kier alpha value is -1.03. The van der Waals surface area contributed by atoms with Crippen molar-refractivity contribution in [2.45, 2.75) is 39.0 Å². The van der Waals surface area contributed by atoms with Crippen molar-refractivity contribution in [3.05, 3.63) is 22.4 Å². The van der Waals surface area contributed by atoms with E-state index in [2.05, 4.69) is 35.1 Å². The van der Waals surface area contributed by atoms with Crippen molar-refractivity contribution in [2.75, 3.05) is 19.6 Å². The van der Waals surface area contributed by atoms with Gasteiger partial charge < -0.3 is 10.6 Å². The predicted molar refractivity (Wildman–Crippen MR) is 90.9 cm³/mol. The van der Waals surface area contributed by atoms with E-state index in [9.17, 15) is 0 Å². The molecular formula is C17H27N3S. The van der Waals surface area contributed by atoms with E-state index in [1.165, 1.54) is 30.6 Å². The fourth-order valence-electron chi connectivity index (χ4n) is 3.03. The first-order valence-corrected chi connectivity index (χ1v) is 9.29. The molecule has 0 radical (unpaired) electrons. The minimum Gasteiger partial charge on any atom is -0.357 e. The van der Waals surface area contributed by atoms with Crippen molar-refractivity contribution >= 4 is 17.3 Å². The Kier molecular flexibility index (Phi) is 5.17. The minimum absolute atomic E-state index is 0.859. The number of nitrogens with zero attached hydrogens (tertiary/aromatic N) is 1. The van der Waals surface area contributed by atoms with E-state index >= 15 is 0 Å². The molecule has 0 unspecified atom stereocenters. The van der Waals surface area contributed by atoms with Gasteiger partial charge in [-0.25, -0.2) is 0 Å². The highest BCUT2D eigenvalue weighted by Gasteiger charge is 2.41. The predicted octanol–water partition coefficient (Wildman–Crippen LogP) is 3.28. The third-order valence-corrected chi connectivity index (χ3v) is 5.44. The molecule has 0 saturated heterocycles. The molecule has 2 fully saturated rings. The summed E-state index contributed by atoms with van der Waals surface area (Å²) in [6, 6.07) is 4.32. The van der Waals surface area contributed by atoms with Gasteiger partial charge in [0.2, 0.25) is 0 Å². The van der Waals surface area contributed by atoms with Gasteiger partial charge in [0.15, 0.2) is 5.96 Å². The Balaban J connectivity index is 1.46. The molecule has 0 amide bonds. The third-order valence-electron chi connectivity index (χ3n) is 4.50. The second-order valence-corrected chi connectivity index (χ2v) is 7.35. The zero-order valence-electron chi connectivity index (χ0n) is 13.0. The molecule has 3 nitrogen and oxygen atoms in total. The summed E-state index contributed by atoms with van der Waals surface area (Å²) in [5.74, 6) is 3.82. The van der Waals surface area contributed by atoms with Crippen molar-refractivity contribution < 1.29 is 0 Å². The molecule has 1 aromatic heterocycles. The maximum absolute atomic E-state index is 4.85. The van der Waals surface area contributed by atoms with Crippen LogP contribution in [0.25, 0.3) is 0 Å². The van der Waals surface area contributed by atoms with Crippen LogP contribution >= 0.6 is 11.3 Å². The molecule has 116 valence electrons. The van der Waals surface area contributed by atoms with E-state index in [1.54, 1.807) is 0 Å². The van der Waals surface area contributed by atoms with Gasteiger partial charge in [-0.05, 0) is 68.2 Å². The number of nitrogens with one attached hydrogen (secondary N) is 2. The summed E-state index contributed by atoms with van der Waals surface area (Å²) in [5, 5.41) is 9.00. The normalized spacial score (nSPS) is 19.0. The van der Waals surface area contributed by atoms with Crippen molar-refractivity contribution in [1.29, 1.82) is 0 Å². The van der Waals surface area contributed by atoms with Gasteiger partial charge in [0.1, 0.15) is 0 Å². The van der Waals surface area contributed by atoms with Crippen LogP contribution in [-0.2, 0) is 6.42 Å². The lowest BCUT2D eigenvalue weighted by atomic mass is 9.98. The second kappa shape index (κ2) is 7.30. The summed E-state index contributed by atoms with van der Waals surface area (Å²) in [4.78, 5) is 6.29. The average Bonchev–Trinajstić information content (AvgIpc) is 3.41. The number of aliphatic imine (C=N–C) groups is 1. The third kappa shape index (κ3) is 4.73. The van der Waals surface area contributed by atoms with E-state index in [4.69, 9.17) is 4.99 Å². The van der Waals surface area contributed by atoms with Gasteiger partial charge in [0.05, 0.1) is 0 Å². The lowest BCUT2D eigenvalue weighted by Crippen LogP contribution is -2.38. The molecule has 4 heteroatoms. The molecule has 1 aromatic rings. The number of hydrogen-bond acceptors (Lipinski definition) is 2. The van der Waals surface area contributed by atoms with E-state index in [0.717, 1.165) is 49.8 Å². The van der Waals surface area contributed by atoms with Crippen molar-refractivity contribution in [3.63, 3.8) is 0 Å². The maximum Gasteiger partial charge on any atom is 0.191 e. The van der Waals surface area contributed by atoms with Crippen LogP contribution in [0.1, 0.15) is 37.5 Å². The van der Waals surface area contributed by atoms with E-state index in [-0.39, 0.29) is 0 Å². The lowest BCUT2D eigenvalue weighted by Gasteiger charge is -2.15. The highest BCUT2D eigenvalue weighted by molar-refractivity contribution is 7.09. The largest absolute Gasteiger partial charge is 0.357 e. The summed E-state index contributed by atoms with van der Waals surface area (Å²) in [5.41, 5.74) is 0. The summed E-state index contributed by atoms with van der Waals surface area (Å²) in [6.07, 6.45) is 6.85. The smallest absolute Gasteiger partial charge is 0.191 e. The number of guanidine groups is 1. The van der Waals surface area contributed by atoms with E-state index < -0.39 is 0 Å². The van der Waals surface area contributed by atoms with Crippen LogP contribution in [0, 0.1) is 17.8 Å². The van der Waals surface area contributed by atoms with Crippen molar-refractivity contribution in [1.82, 2.24) is 10.6 Å². The molecule has 2 N–H and O–H groups in total. The van der Waals surface area contributed by atoms with Crippen LogP contribution < -0.4 is 10.6 Å². The van der Waals surface area contributed by atoms with Gasteiger partial charge in [0, 0.05) is 24.5 Å². The van der Waals surface area contributed by atoms with Crippen LogP contribution in [0.3, 0.4) is 0 Å². The summed E-state index contributed by atoms with van der Waals surface area (Å²) in [7, 11) is 0. The molecule has 0 aromatic carbocycles. The number of hydrogen-bond donors (Lipinski definition) is 2. The highest BCUT2D eigenvalue weighted by atomic mass is 32.1. The van der Waals surface area contributed by atoms with E-state index in [0.29, 0.717) is 0 Å². The fraction of sp³-hybridized carbons (Fsp3) is 0.706. The van der Waals surface area contributed by atoms with Crippen molar-refractivity contribution in [2.24, 2.45) is 22.7 Å². The molecule has 0 aliphatic heterocycles. The maximum atomic E-state index is 4.85. The van der Waals surface area contributed by atoms with E-state index in [1.807, 2.05) is 11.3 Å². The molecule has 2 aliphatic carbocycles. The molecule has 2 saturated carbocycles. The number of thiophene rings is 1. The molecule has 0 spiro atoms. The first kappa shape index (κ1) is 14.9. The van der Waals surface area contributed by atoms with Gasteiger partial charge in [-0.2, -0.15) is 0 Å². The quantitative estimate of drug-likeness (QED) is 0.571. The molecule has 0 bridgehead atoms. The Morgan fingerprint density at radius 3 is 2.62 bits per heavy atom. The van der Waals surface area contributed by atoms with Crippen LogP contribution in [-0.4, -0.2) is 25.6 Å². The monoisotopic (exact) mass is 305 g/mol. The minimum atomic E-state index is 0.859. The Morgan fingerprint density at radius 1 is 1.29 bits per heavy atom. The van der Waals surface area contributed by atoms with Crippen LogP contribution in [0.2, 0.25) is 0 Å². The Labute approximate surface area is 132 Å². The lowest BCUT2D eigenvalue weighted by molar-refractivity contribution is 0.417. The zero-order valence-corrected chi connectivity index (χ0v) is 13.8. The highest BCUT2D eigenvalue weighted by Crippen LogP contribution is 2.49. The Morgan fingerprint density at radius 2 is 2.05 bits per heavy atom. The number of rotatable bonds is 8. The second-order valence-electron chi connectivity index (χ2n) is 6.31. The molecule has 3 rings (SSSR count). The molecule has 21 heavy (non-hydrogen) atoms. The van der Waals surface area contributed by atoms with Gasteiger partial charge in [-0.3, -0.25) is 4.99 Å². The fourth-order valence-corrected chi connectivity index (χ4v) is 3.74. The standard InChI is InChI=1S/C17H27N3S/c1-2-18-17(19-10-9-15-4-3-11-21-15)20-12-16(13-5-6-13)14-7-8-14/h3-4,11,13-14,16H,2,5-10,12H2,1H3,(H2,18,19,20). The summed E-state index contributed by atoms with van der Waals surface area (Å²) < 4.78 is 0. The van der Waals surface area contributed by atoms with Gasteiger partial charge in [0.25, 0.3) is 0 Å². The van der Waals surface area contributed by atoms with Crippen LogP contribution in [0.4, 0.5) is 0 Å². The zero-order chi connectivity index (χ0) is 14.5. The van der Waals surface area contributed by atoms with Gasteiger partial charge in [-0.15, -0.1) is 11.3 Å². The summed E-state index contributed by atoms with van der Waals surface area (Å²) >= 11 is 1.83. The molecular weight excluding hydrogens is 278 g/mol. The summed E-state index contributed by atoms with van der Waals surface area (Å²) in [6.45, 7) is 5.05. The Bertz CT molecular complexity index is 435. The SMILES string of the molecule is CCNC(=NCC(C1CC1)C1CC1)NCCc1cccs1. The van der Waals surface area contributed by atoms with Crippen LogP contribution in [0.5, 0.6) is 0 Å². The molecule has 2 aliphatic rings. The van der Waals surface area contributed by atoms with Gasteiger partial charge >= 0.3 is 0 Å². The first-order chi connectivity index (χ1) is 10.4. The first-order valence-electron chi connectivity index (χ1n) is 8.41. The molecule has 0 atom stereocenters. The van der Waals surface area contributed by atoms with Gasteiger partial charge in [-0.1, -0.05) is 6.07 Å². The van der Waals surface area contributed by atoms with Crippen LogP contribution in [0.15, 0.2) is 22.5 Å². The van der Waals surface area contributed by atoms with Crippen molar-refractivity contribution in [3.8, 4) is 0 Å². The topological polar surface area (TPSA) is 36.4 Å². The average molecular weight is 305 g/mol. The molecule has 1 heterocycles.